The van der Waals surface area contributed by atoms with Crippen molar-refractivity contribution in [3.63, 3.8) is 0 Å². The molecule has 0 spiro atoms. The van der Waals surface area contributed by atoms with Gasteiger partial charge in [0.1, 0.15) is 5.75 Å². The van der Waals surface area contributed by atoms with Crippen LogP contribution in [0.1, 0.15) is 0 Å². The molecule has 0 heterocycles. The van der Waals surface area contributed by atoms with Gasteiger partial charge in [-0.1, -0.05) is 0 Å². The van der Waals surface area contributed by atoms with Crippen molar-refractivity contribution in [2.75, 3.05) is 5.43 Å². The van der Waals surface area contributed by atoms with Crippen LogP contribution in [0.3, 0.4) is 0 Å². The molecule has 3 nitrogen and oxygen atoms in total. The normalized spacial score (nSPS) is 11.1. The molecule has 0 saturated heterocycles. The molecule has 1 rings (SSSR count). The highest BCUT2D eigenvalue weighted by molar-refractivity contribution is 5.43. The summed E-state index contributed by atoms with van der Waals surface area (Å²) in [6, 6.07) is 5.30. The largest absolute Gasteiger partial charge is 0.573 e. The average molecular weight is 193 g/mol. The first-order valence-electron chi connectivity index (χ1n) is 3.40. The van der Waals surface area contributed by atoms with Gasteiger partial charge in [-0.25, -0.2) is 5.43 Å². The van der Waals surface area contributed by atoms with Crippen LogP contribution in [0.2, 0.25) is 0 Å². The van der Waals surface area contributed by atoms with Crippen LogP contribution in [-0.2, 0) is 0 Å². The summed E-state index contributed by atoms with van der Waals surface area (Å²) < 4.78 is 38.7. The Morgan fingerprint density at radius 1 is 1.15 bits per heavy atom. The Hall–Kier alpha value is -1.43. The number of rotatable bonds is 2. The minimum absolute atomic E-state index is 0.244. The van der Waals surface area contributed by atoms with E-state index in [4.69, 9.17) is 0 Å². The Kier molecular flexibility index (Phi) is 2.62. The molecule has 0 amide bonds. The monoisotopic (exact) mass is 193 g/mol. The first kappa shape index (κ1) is 9.66. The summed E-state index contributed by atoms with van der Waals surface area (Å²) in [5, 5.41) is 0. The number of hydrogen-bond donors (Lipinski definition) is 2. The van der Waals surface area contributed by atoms with Gasteiger partial charge in [0.2, 0.25) is 0 Å². The molecule has 0 aliphatic carbocycles. The van der Waals surface area contributed by atoms with Gasteiger partial charge in [-0.2, -0.15) is 0 Å². The summed E-state index contributed by atoms with van der Waals surface area (Å²) in [4.78, 5) is 0. The molecule has 0 aromatic heterocycles. The van der Waals surface area contributed by atoms with Gasteiger partial charge >= 0.3 is 6.36 Å². The van der Waals surface area contributed by atoms with Crippen molar-refractivity contribution in [3.8, 4) is 5.75 Å². The fraction of sp³-hybridized carbons (Fsp3) is 0.143. The maximum Gasteiger partial charge on any atom is 0.573 e. The molecule has 4 N–H and O–H groups in total. The number of benzene rings is 1. The Labute approximate surface area is 72.3 Å². The molecule has 0 aliphatic rings. The SMILES string of the molecule is [NH3+]Nc1ccc(OC(F)(F)F)cc1. The van der Waals surface area contributed by atoms with E-state index in [1.54, 1.807) is 0 Å². The molecule has 13 heavy (non-hydrogen) atoms. The van der Waals surface area contributed by atoms with Crippen molar-refractivity contribution in [1.29, 1.82) is 0 Å². The lowest BCUT2D eigenvalue weighted by atomic mass is 10.3. The zero-order valence-electron chi connectivity index (χ0n) is 6.56. The molecule has 72 valence electrons. The smallest absolute Gasteiger partial charge is 0.406 e. The van der Waals surface area contributed by atoms with E-state index < -0.39 is 6.36 Å². The van der Waals surface area contributed by atoms with E-state index in [0.29, 0.717) is 5.69 Å². The minimum Gasteiger partial charge on any atom is -0.406 e. The number of nitrogens with one attached hydrogen (secondary N) is 1. The second-order valence-corrected chi connectivity index (χ2v) is 2.25. The fourth-order valence-corrected chi connectivity index (χ4v) is 0.774. The number of hydrogen-bond acceptors (Lipinski definition) is 2. The molecule has 0 radical (unpaired) electrons. The number of alkyl halides is 3. The lowest BCUT2D eigenvalue weighted by molar-refractivity contribution is -0.325. The highest BCUT2D eigenvalue weighted by Crippen LogP contribution is 2.23. The maximum atomic E-state index is 11.7. The Bertz CT molecular complexity index is 270. The van der Waals surface area contributed by atoms with Crippen molar-refractivity contribution in [2.45, 2.75) is 6.36 Å². The molecule has 0 atom stereocenters. The molecule has 0 bridgehead atoms. The summed E-state index contributed by atoms with van der Waals surface area (Å²) in [7, 11) is 0. The van der Waals surface area contributed by atoms with Gasteiger partial charge in [0, 0.05) is 0 Å². The first-order valence-corrected chi connectivity index (χ1v) is 3.40. The lowest BCUT2D eigenvalue weighted by Crippen LogP contribution is -2.56. The number of ether oxygens (including phenoxy) is 1. The van der Waals surface area contributed by atoms with Gasteiger partial charge in [-0.05, 0) is 24.3 Å². The van der Waals surface area contributed by atoms with Gasteiger partial charge in [-0.15, -0.1) is 13.2 Å². The molecular formula is C7H8F3N2O+. The molecule has 0 aliphatic heterocycles. The van der Waals surface area contributed by atoms with Crippen LogP contribution in [0.25, 0.3) is 0 Å². The van der Waals surface area contributed by atoms with E-state index in [-0.39, 0.29) is 5.75 Å². The van der Waals surface area contributed by atoms with Gasteiger partial charge < -0.3 is 4.74 Å². The van der Waals surface area contributed by atoms with Gasteiger partial charge in [0.15, 0.2) is 0 Å². The summed E-state index contributed by atoms with van der Waals surface area (Å²) in [6.07, 6.45) is -4.64. The van der Waals surface area contributed by atoms with Crippen molar-refractivity contribution in [1.82, 2.24) is 0 Å². The van der Waals surface area contributed by atoms with Crippen molar-refractivity contribution in [3.05, 3.63) is 24.3 Å². The number of quaternary nitrogens is 1. The molecule has 1 aromatic carbocycles. The zero-order chi connectivity index (χ0) is 9.90. The topological polar surface area (TPSA) is 48.9 Å². The molecular weight excluding hydrogens is 185 g/mol. The van der Waals surface area contributed by atoms with Crippen LogP contribution < -0.4 is 16.0 Å². The Morgan fingerprint density at radius 2 is 1.69 bits per heavy atom. The van der Waals surface area contributed by atoms with Crippen molar-refractivity contribution >= 4 is 5.69 Å². The predicted octanol–water partition coefficient (Wildman–Crippen LogP) is 1.15. The highest BCUT2D eigenvalue weighted by Gasteiger charge is 2.30. The van der Waals surface area contributed by atoms with Crippen molar-refractivity contribution < 1.29 is 23.8 Å². The number of anilines is 1. The quantitative estimate of drug-likeness (QED) is 0.692. The third kappa shape index (κ3) is 3.20. The van der Waals surface area contributed by atoms with Crippen LogP contribution >= 0.6 is 0 Å². The minimum atomic E-state index is -4.64. The van der Waals surface area contributed by atoms with Gasteiger partial charge in [0.05, 0.1) is 5.69 Å². The molecule has 6 heteroatoms. The van der Waals surface area contributed by atoms with E-state index in [2.05, 4.69) is 16.0 Å². The van der Waals surface area contributed by atoms with Crippen LogP contribution in [0, 0.1) is 0 Å². The molecule has 0 fully saturated rings. The fourth-order valence-electron chi connectivity index (χ4n) is 0.774. The average Bonchev–Trinajstić information content (AvgIpc) is 2.03. The maximum absolute atomic E-state index is 11.7. The standard InChI is InChI=1S/C7H7F3N2O/c8-7(9,10)13-6-3-1-5(12-11)2-4-6/h1-4,12H,11H2/p+1. The van der Waals surface area contributed by atoms with E-state index in [1.807, 2.05) is 0 Å². The van der Waals surface area contributed by atoms with Crippen molar-refractivity contribution in [2.24, 2.45) is 0 Å². The van der Waals surface area contributed by atoms with Gasteiger partial charge in [0.25, 0.3) is 0 Å². The summed E-state index contributed by atoms with van der Waals surface area (Å²) >= 11 is 0. The summed E-state index contributed by atoms with van der Waals surface area (Å²) in [5.41, 5.74) is 3.15. The van der Waals surface area contributed by atoms with Gasteiger partial charge in [-0.3, -0.25) is 5.84 Å². The van der Waals surface area contributed by atoms with E-state index in [1.165, 1.54) is 24.3 Å². The summed E-state index contributed by atoms with van der Waals surface area (Å²) in [5.74, 6) is 3.10. The zero-order valence-corrected chi connectivity index (χ0v) is 6.56. The Balaban J connectivity index is 2.70. The Morgan fingerprint density at radius 3 is 2.08 bits per heavy atom. The molecule has 0 saturated carbocycles. The van der Waals surface area contributed by atoms with E-state index in [9.17, 15) is 13.2 Å². The molecule has 1 aromatic rings. The second-order valence-electron chi connectivity index (χ2n) is 2.25. The third-order valence-corrected chi connectivity index (χ3v) is 1.29. The number of halogens is 3. The van der Waals surface area contributed by atoms with Crippen LogP contribution in [0.15, 0.2) is 24.3 Å². The lowest BCUT2D eigenvalue weighted by Gasteiger charge is -2.08. The molecule has 0 unspecified atom stereocenters. The summed E-state index contributed by atoms with van der Waals surface area (Å²) in [6.45, 7) is 0. The predicted molar refractivity (Wildman–Crippen MR) is 39.6 cm³/mol. The first-order chi connectivity index (χ1) is 6.01. The van der Waals surface area contributed by atoms with E-state index in [0.717, 1.165) is 0 Å². The van der Waals surface area contributed by atoms with Crippen LogP contribution in [0.4, 0.5) is 18.9 Å². The third-order valence-electron chi connectivity index (χ3n) is 1.29. The second kappa shape index (κ2) is 3.53. The van der Waals surface area contributed by atoms with Crippen LogP contribution in [-0.4, -0.2) is 6.36 Å². The van der Waals surface area contributed by atoms with E-state index >= 15 is 0 Å². The highest BCUT2D eigenvalue weighted by atomic mass is 19.4. The van der Waals surface area contributed by atoms with Crippen LogP contribution in [0.5, 0.6) is 5.75 Å².